The summed E-state index contributed by atoms with van der Waals surface area (Å²) >= 11 is 0. The van der Waals surface area contributed by atoms with Gasteiger partial charge < -0.3 is 10.6 Å². The van der Waals surface area contributed by atoms with Crippen LogP contribution in [0.3, 0.4) is 0 Å². The molecular weight excluding hydrogens is 350 g/mol. The lowest BCUT2D eigenvalue weighted by molar-refractivity contribution is -0.119. The maximum absolute atomic E-state index is 12.9. The molecule has 1 amide bonds. The summed E-state index contributed by atoms with van der Waals surface area (Å²) in [5, 5.41) is 0. The second kappa shape index (κ2) is 6.83. The van der Waals surface area contributed by atoms with Crippen LogP contribution in [0, 0.1) is 6.92 Å². The van der Waals surface area contributed by atoms with Gasteiger partial charge in [0.1, 0.15) is 6.04 Å². The highest BCUT2D eigenvalue weighted by molar-refractivity contribution is 7.89. The summed E-state index contributed by atoms with van der Waals surface area (Å²) in [4.78, 5) is 14.7. The first-order valence-electron chi connectivity index (χ1n) is 8.41. The van der Waals surface area contributed by atoms with Crippen LogP contribution < -0.4 is 10.6 Å². The highest BCUT2D eigenvalue weighted by atomic mass is 32.2. The van der Waals surface area contributed by atoms with E-state index >= 15 is 0 Å². The van der Waals surface area contributed by atoms with Gasteiger partial charge in [0.25, 0.3) is 0 Å². The first-order valence-corrected chi connectivity index (χ1v) is 9.85. The van der Waals surface area contributed by atoms with E-state index in [1.54, 1.807) is 23.1 Å². The van der Waals surface area contributed by atoms with E-state index in [4.69, 9.17) is 5.73 Å². The van der Waals surface area contributed by atoms with Gasteiger partial charge in [-0.15, -0.1) is 0 Å². The van der Waals surface area contributed by atoms with Crippen LogP contribution in [0.5, 0.6) is 0 Å². The van der Waals surface area contributed by atoms with Crippen molar-refractivity contribution in [3.63, 3.8) is 0 Å². The average Bonchev–Trinajstić information content (AvgIpc) is 3.04. The minimum atomic E-state index is -3.56. The molecule has 0 aromatic heterocycles. The standard InChI is InChI=1S/C19H23N3O3S/c1-13-4-6-15(7-5-13)18(20)19(23)22-11-10-14-8-9-16(12-17(14)22)26(24,25)21(2)3/h4-9,12,18H,10-11,20H2,1-3H3. The second-order valence-electron chi connectivity index (χ2n) is 6.71. The minimum absolute atomic E-state index is 0.171. The number of fused-ring (bicyclic) bond motifs is 1. The number of sulfonamides is 1. The lowest BCUT2D eigenvalue weighted by Crippen LogP contribution is -2.37. The molecule has 0 saturated carbocycles. The number of rotatable bonds is 4. The number of carbonyl (C=O) groups excluding carboxylic acids is 1. The highest BCUT2D eigenvalue weighted by Crippen LogP contribution is 2.32. The van der Waals surface area contributed by atoms with Crippen molar-refractivity contribution in [2.24, 2.45) is 5.73 Å². The van der Waals surface area contributed by atoms with Crippen LogP contribution in [0.15, 0.2) is 47.4 Å². The number of amides is 1. The Labute approximate surface area is 154 Å². The van der Waals surface area contributed by atoms with Gasteiger partial charge >= 0.3 is 0 Å². The van der Waals surface area contributed by atoms with Gasteiger partial charge in [-0.25, -0.2) is 12.7 Å². The highest BCUT2D eigenvalue weighted by Gasteiger charge is 2.30. The van der Waals surface area contributed by atoms with Crippen LogP contribution in [-0.2, 0) is 21.2 Å². The van der Waals surface area contributed by atoms with Crippen molar-refractivity contribution in [2.75, 3.05) is 25.5 Å². The lowest BCUT2D eigenvalue weighted by atomic mass is 10.0. The molecule has 1 unspecified atom stereocenters. The molecule has 1 aliphatic rings. The van der Waals surface area contributed by atoms with Gasteiger partial charge in [-0.2, -0.15) is 0 Å². The topological polar surface area (TPSA) is 83.7 Å². The van der Waals surface area contributed by atoms with E-state index in [0.29, 0.717) is 18.7 Å². The van der Waals surface area contributed by atoms with Gasteiger partial charge in [-0.05, 0) is 36.6 Å². The Morgan fingerprint density at radius 2 is 1.81 bits per heavy atom. The van der Waals surface area contributed by atoms with Crippen molar-refractivity contribution in [1.82, 2.24) is 4.31 Å². The summed E-state index contributed by atoms with van der Waals surface area (Å²) in [6, 6.07) is 11.7. The third kappa shape index (κ3) is 3.25. The van der Waals surface area contributed by atoms with E-state index in [1.807, 2.05) is 31.2 Å². The summed E-state index contributed by atoms with van der Waals surface area (Å²) in [5.74, 6) is -0.230. The molecule has 0 bridgehead atoms. The Morgan fingerprint density at radius 1 is 1.15 bits per heavy atom. The van der Waals surface area contributed by atoms with Gasteiger partial charge in [0.15, 0.2) is 0 Å². The van der Waals surface area contributed by atoms with Crippen LogP contribution in [0.25, 0.3) is 0 Å². The lowest BCUT2D eigenvalue weighted by Gasteiger charge is -2.22. The number of hydrogen-bond acceptors (Lipinski definition) is 4. The van der Waals surface area contributed by atoms with Gasteiger partial charge in [-0.3, -0.25) is 4.79 Å². The number of nitrogens with zero attached hydrogens (tertiary/aromatic N) is 2. The zero-order chi connectivity index (χ0) is 19.1. The average molecular weight is 373 g/mol. The van der Waals surface area contributed by atoms with Crippen molar-refractivity contribution >= 4 is 21.6 Å². The smallest absolute Gasteiger partial charge is 0.248 e. The molecule has 0 spiro atoms. The van der Waals surface area contributed by atoms with E-state index in [-0.39, 0.29) is 10.8 Å². The van der Waals surface area contributed by atoms with E-state index in [9.17, 15) is 13.2 Å². The number of hydrogen-bond donors (Lipinski definition) is 1. The summed E-state index contributed by atoms with van der Waals surface area (Å²) < 4.78 is 25.9. The molecule has 2 aromatic carbocycles. The van der Waals surface area contributed by atoms with Gasteiger partial charge in [-0.1, -0.05) is 35.9 Å². The molecule has 1 heterocycles. The quantitative estimate of drug-likeness (QED) is 0.886. The molecule has 3 rings (SSSR count). The number of benzene rings is 2. The predicted molar refractivity (Wildman–Crippen MR) is 101 cm³/mol. The molecule has 138 valence electrons. The maximum Gasteiger partial charge on any atom is 0.248 e. The fourth-order valence-electron chi connectivity index (χ4n) is 3.04. The van der Waals surface area contributed by atoms with Gasteiger partial charge in [0.05, 0.1) is 4.90 Å². The molecule has 1 atom stereocenters. The SMILES string of the molecule is Cc1ccc(C(N)C(=O)N2CCc3ccc(S(=O)(=O)N(C)C)cc32)cc1. The van der Waals surface area contributed by atoms with Gasteiger partial charge in [0, 0.05) is 26.3 Å². The Balaban J connectivity index is 1.93. The Kier molecular flexibility index (Phi) is 4.88. The normalized spacial score (nSPS) is 15.2. The summed E-state index contributed by atoms with van der Waals surface area (Å²) in [6.45, 7) is 2.47. The fourth-order valence-corrected chi connectivity index (χ4v) is 3.97. The molecule has 0 fully saturated rings. The largest absolute Gasteiger partial charge is 0.316 e. The zero-order valence-corrected chi connectivity index (χ0v) is 16.0. The van der Waals surface area contributed by atoms with E-state index < -0.39 is 16.1 Å². The summed E-state index contributed by atoms with van der Waals surface area (Å²) in [6.07, 6.45) is 0.685. The van der Waals surface area contributed by atoms with Crippen LogP contribution in [-0.4, -0.2) is 39.3 Å². The molecule has 7 heteroatoms. The Bertz CT molecular complexity index is 937. The van der Waals surface area contributed by atoms with Crippen molar-refractivity contribution in [1.29, 1.82) is 0 Å². The van der Waals surface area contributed by atoms with E-state index in [1.165, 1.54) is 14.1 Å². The predicted octanol–water partition coefficient (Wildman–Crippen LogP) is 1.83. The number of aryl methyl sites for hydroxylation is 1. The maximum atomic E-state index is 12.9. The third-order valence-electron chi connectivity index (χ3n) is 4.70. The van der Waals surface area contributed by atoms with E-state index in [0.717, 1.165) is 21.0 Å². The zero-order valence-electron chi connectivity index (χ0n) is 15.1. The summed E-state index contributed by atoms with van der Waals surface area (Å²) in [5.41, 5.74) is 9.59. The first-order chi connectivity index (χ1) is 12.2. The van der Waals surface area contributed by atoms with Crippen molar-refractivity contribution in [3.05, 3.63) is 59.2 Å². The molecular formula is C19H23N3O3S. The number of anilines is 1. The molecule has 0 radical (unpaired) electrons. The molecule has 26 heavy (non-hydrogen) atoms. The Hall–Kier alpha value is -2.22. The van der Waals surface area contributed by atoms with Gasteiger partial charge in [0.2, 0.25) is 15.9 Å². The van der Waals surface area contributed by atoms with Crippen LogP contribution >= 0.6 is 0 Å². The molecule has 1 aliphatic heterocycles. The minimum Gasteiger partial charge on any atom is -0.316 e. The molecule has 6 nitrogen and oxygen atoms in total. The van der Waals surface area contributed by atoms with E-state index in [2.05, 4.69) is 0 Å². The van der Waals surface area contributed by atoms with Crippen LogP contribution in [0.2, 0.25) is 0 Å². The first kappa shape index (κ1) is 18.6. The van der Waals surface area contributed by atoms with Crippen LogP contribution in [0.4, 0.5) is 5.69 Å². The monoisotopic (exact) mass is 373 g/mol. The second-order valence-corrected chi connectivity index (χ2v) is 8.86. The molecule has 0 saturated heterocycles. The fraction of sp³-hybridized carbons (Fsp3) is 0.316. The third-order valence-corrected chi connectivity index (χ3v) is 6.51. The molecule has 0 aliphatic carbocycles. The van der Waals surface area contributed by atoms with Crippen molar-refractivity contribution in [3.8, 4) is 0 Å². The molecule has 2 aromatic rings. The van der Waals surface area contributed by atoms with Crippen molar-refractivity contribution in [2.45, 2.75) is 24.3 Å². The number of carbonyl (C=O) groups is 1. The molecule has 2 N–H and O–H groups in total. The Morgan fingerprint density at radius 3 is 2.42 bits per heavy atom. The number of nitrogens with two attached hydrogens (primary N) is 1. The van der Waals surface area contributed by atoms with Crippen LogP contribution in [0.1, 0.15) is 22.7 Å². The van der Waals surface area contributed by atoms with Crippen molar-refractivity contribution < 1.29 is 13.2 Å². The summed E-state index contributed by atoms with van der Waals surface area (Å²) in [7, 11) is -0.591.